The highest BCUT2D eigenvalue weighted by molar-refractivity contribution is 5.91. The summed E-state index contributed by atoms with van der Waals surface area (Å²) >= 11 is 0. The molecule has 0 aliphatic rings. The molecule has 2 aromatic carbocycles. The van der Waals surface area contributed by atoms with E-state index in [2.05, 4.69) is 4.74 Å². The van der Waals surface area contributed by atoms with Crippen LogP contribution in [0.5, 0.6) is 23.0 Å². The van der Waals surface area contributed by atoms with Crippen LogP contribution in [0.3, 0.4) is 0 Å². The summed E-state index contributed by atoms with van der Waals surface area (Å²) in [4.78, 5) is 13.7. The number of para-hydroxylation sites is 1. The molecule has 162 valence electrons. The van der Waals surface area contributed by atoms with Crippen LogP contribution in [0.4, 0.5) is 13.2 Å². The van der Waals surface area contributed by atoms with E-state index in [1.54, 1.807) is 24.3 Å². The van der Waals surface area contributed by atoms with E-state index in [-0.39, 0.29) is 17.9 Å². The SMILES string of the molecule is COc1cc(/C=C/C(=O)N(C)Cc2ccccc2OC(F)(F)F)cc(OC)c1OC. The van der Waals surface area contributed by atoms with Crippen LogP contribution in [-0.2, 0) is 11.3 Å². The van der Waals surface area contributed by atoms with Crippen LogP contribution in [0.15, 0.2) is 42.5 Å². The molecule has 1 amide bonds. The summed E-state index contributed by atoms with van der Waals surface area (Å²) in [5.41, 5.74) is 0.846. The summed E-state index contributed by atoms with van der Waals surface area (Å²) in [6.45, 7) is -0.0648. The van der Waals surface area contributed by atoms with E-state index in [1.165, 1.54) is 57.6 Å². The summed E-state index contributed by atoms with van der Waals surface area (Å²) in [5.74, 6) is 0.511. The lowest BCUT2D eigenvalue weighted by Crippen LogP contribution is -2.25. The van der Waals surface area contributed by atoms with Gasteiger partial charge in [0.05, 0.1) is 21.3 Å². The second kappa shape index (κ2) is 9.91. The maximum Gasteiger partial charge on any atom is 0.573 e. The van der Waals surface area contributed by atoms with E-state index >= 15 is 0 Å². The number of likely N-dealkylation sites (N-methyl/N-ethyl adjacent to an activating group) is 1. The molecule has 9 heteroatoms. The minimum atomic E-state index is -4.81. The minimum absolute atomic E-state index is 0.0648. The molecule has 0 aromatic heterocycles. The topological polar surface area (TPSA) is 57.2 Å². The molecule has 0 spiro atoms. The first-order valence-electron chi connectivity index (χ1n) is 8.75. The van der Waals surface area contributed by atoms with Crippen molar-refractivity contribution < 1.29 is 36.9 Å². The quantitative estimate of drug-likeness (QED) is 0.591. The van der Waals surface area contributed by atoms with Gasteiger partial charge in [-0.1, -0.05) is 18.2 Å². The predicted octanol–water partition coefficient (Wildman–Crippen LogP) is 4.28. The van der Waals surface area contributed by atoms with Gasteiger partial charge in [-0.3, -0.25) is 4.79 Å². The van der Waals surface area contributed by atoms with E-state index in [0.29, 0.717) is 22.8 Å². The van der Waals surface area contributed by atoms with E-state index in [4.69, 9.17) is 14.2 Å². The highest BCUT2D eigenvalue weighted by Crippen LogP contribution is 2.38. The largest absolute Gasteiger partial charge is 0.573 e. The molecule has 2 rings (SSSR count). The Kier molecular flexibility index (Phi) is 7.57. The maximum atomic E-state index is 12.6. The Labute approximate surface area is 172 Å². The molecule has 0 bridgehead atoms. The summed E-state index contributed by atoms with van der Waals surface area (Å²) in [6.07, 6.45) is -1.97. The van der Waals surface area contributed by atoms with Crippen molar-refractivity contribution in [3.63, 3.8) is 0 Å². The number of amides is 1. The van der Waals surface area contributed by atoms with Gasteiger partial charge in [0, 0.05) is 25.2 Å². The van der Waals surface area contributed by atoms with Gasteiger partial charge < -0.3 is 23.8 Å². The Balaban J connectivity index is 2.16. The molecule has 0 aliphatic carbocycles. The average Bonchev–Trinajstić information content (AvgIpc) is 2.71. The molecule has 0 saturated heterocycles. The molecule has 2 aromatic rings. The zero-order valence-corrected chi connectivity index (χ0v) is 16.9. The fraction of sp³-hybridized carbons (Fsp3) is 0.286. The highest BCUT2D eigenvalue weighted by atomic mass is 19.4. The third-order valence-corrected chi connectivity index (χ3v) is 4.09. The zero-order chi connectivity index (χ0) is 22.3. The van der Waals surface area contributed by atoms with Crippen LogP contribution < -0.4 is 18.9 Å². The number of rotatable bonds is 8. The lowest BCUT2D eigenvalue weighted by molar-refractivity contribution is -0.275. The smallest absolute Gasteiger partial charge is 0.493 e. The first-order chi connectivity index (χ1) is 14.2. The number of halogens is 3. The summed E-state index contributed by atoms with van der Waals surface area (Å²) < 4.78 is 57.5. The van der Waals surface area contributed by atoms with Gasteiger partial charge in [-0.15, -0.1) is 13.2 Å². The van der Waals surface area contributed by atoms with Crippen molar-refractivity contribution in [3.8, 4) is 23.0 Å². The van der Waals surface area contributed by atoms with Crippen molar-refractivity contribution >= 4 is 12.0 Å². The number of carbonyl (C=O) groups excluding carboxylic acids is 1. The number of carbonyl (C=O) groups is 1. The van der Waals surface area contributed by atoms with E-state index < -0.39 is 12.3 Å². The summed E-state index contributed by atoms with van der Waals surface area (Å²) in [5, 5.41) is 0. The Morgan fingerprint density at radius 2 is 1.60 bits per heavy atom. The van der Waals surface area contributed by atoms with Crippen LogP contribution >= 0.6 is 0 Å². The first kappa shape index (κ1) is 22.9. The van der Waals surface area contributed by atoms with Crippen molar-refractivity contribution in [2.45, 2.75) is 12.9 Å². The first-order valence-corrected chi connectivity index (χ1v) is 8.75. The van der Waals surface area contributed by atoms with E-state index in [0.717, 1.165) is 0 Å². The predicted molar refractivity (Wildman–Crippen MR) is 105 cm³/mol. The van der Waals surface area contributed by atoms with E-state index in [1.807, 2.05) is 0 Å². The Bertz CT molecular complexity index is 887. The van der Waals surface area contributed by atoms with Crippen molar-refractivity contribution in [3.05, 3.63) is 53.6 Å². The molecule has 0 saturated carbocycles. The summed E-state index contributed by atoms with van der Waals surface area (Å²) in [7, 11) is 5.91. The van der Waals surface area contributed by atoms with Crippen LogP contribution in [0.25, 0.3) is 6.08 Å². The standard InChI is InChI=1S/C21H22F3NO5/c1-25(13-15-7-5-6-8-16(15)30-21(22,23)24)19(26)10-9-14-11-17(27-2)20(29-4)18(12-14)28-3/h5-12H,13H2,1-4H3/b10-9+. The molecule has 30 heavy (non-hydrogen) atoms. The fourth-order valence-electron chi connectivity index (χ4n) is 2.68. The average molecular weight is 425 g/mol. The van der Waals surface area contributed by atoms with Gasteiger partial charge in [0.25, 0.3) is 0 Å². The molecule has 0 heterocycles. The lowest BCUT2D eigenvalue weighted by atomic mass is 10.1. The third-order valence-electron chi connectivity index (χ3n) is 4.09. The summed E-state index contributed by atoms with van der Waals surface area (Å²) in [6, 6.07) is 9.00. The number of methoxy groups -OCH3 is 3. The van der Waals surface area contributed by atoms with Crippen molar-refractivity contribution in [1.29, 1.82) is 0 Å². The third kappa shape index (κ3) is 6.07. The van der Waals surface area contributed by atoms with Crippen LogP contribution in [0, 0.1) is 0 Å². The van der Waals surface area contributed by atoms with Crippen LogP contribution in [0.1, 0.15) is 11.1 Å². The van der Waals surface area contributed by atoms with Crippen molar-refractivity contribution in [2.75, 3.05) is 28.4 Å². The van der Waals surface area contributed by atoms with Gasteiger partial charge in [0.2, 0.25) is 11.7 Å². The molecule has 0 aliphatic heterocycles. The van der Waals surface area contributed by atoms with Crippen LogP contribution in [0.2, 0.25) is 0 Å². The van der Waals surface area contributed by atoms with Gasteiger partial charge in [0.15, 0.2) is 11.5 Å². The second-order valence-corrected chi connectivity index (χ2v) is 6.14. The van der Waals surface area contributed by atoms with E-state index in [9.17, 15) is 18.0 Å². The number of ether oxygens (including phenoxy) is 4. The molecule has 0 atom stereocenters. The maximum absolute atomic E-state index is 12.6. The molecule has 0 N–H and O–H groups in total. The number of alkyl halides is 3. The number of nitrogens with zero attached hydrogens (tertiary/aromatic N) is 1. The van der Waals surface area contributed by atoms with Crippen molar-refractivity contribution in [2.24, 2.45) is 0 Å². The lowest BCUT2D eigenvalue weighted by Gasteiger charge is -2.18. The van der Waals surface area contributed by atoms with Gasteiger partial charge in [-0.2, -0.15) is 0 Å². The Morgan fingerprint density at radius 1 is 1.00 bits per heavy atom. The van der Waals surface area contributed by atoms with Crippen molar-refractivity contribution in [1.82, 2.24) is 4.90 Å². The zero-order valence-electron chi connectivity index (χ0n) is 16.9. The number of hydrogen-bond donors (Lipinski definition) is 0. The van der Waals surface area contributed by atoms with Gasteiger partial charge >= 0.3 is 6.36 Å². The van der Waals surface area contributed by atoms with Gasteiger partial charge in [-0.25, -0.2) is 0 Å². The molecule has 0 unspecified atom stereocenters. The number of hydrogen-bond acceptors (Lipinski definition) is 5. The molecule has 6 nitrogen and oxygen atoms in total. The Hall–Kier alpha value is -3.36. The monoisotopic (exact) mass is 425 g/mol. The molecule has 0 radical (unpaired) electrons. The molecular formula is C21H22F3NO5. The van der Waals surface area contributed by atoms with Gasteiger partial charge in [-0.05, 0) is 29.8 Å². The highest BCUT2D eigenvalue weighted by Gasteiger charge is 2.32. The molecule has 0 fully saturated rings. The molecular weight excluding hydrogens is 403 g/mol. The van der Waals surface area contributed by atoms with Gasteiger partial charge in [0.1, 0.15) is 5.75 Å². The van der Waals surface area contributed by atoms with Crippen LogP contribution in [-0.4, -0.2) is 45.5 Å². The second-order valence-electron chi connectivity index (χ2n) is 6.14. The minimum Gasteiger partial charge on any atom is -0.493 e. The fourth-order valence-corrected chi connectivity index (χ4v) is 2.68. The Morgan fingerprint density at radius 3 is 2.13 bits per heavy atom. The normalized spacial score (nSPS) is 11.3. The number of benzene rings is 2.